The highest BCUT2D eigenvalue weighted by Crippen LogP contribution is 2.32. The van der Waals surface area contributed by atoms with E-state index in [9.17, 15) is 19.8 Å². The highest BCUT2D eigenvalue weighted by Gasteiger charge is 2.45. The van der Waals surface area contributed by atoms with E-state index in [1.165, 1.54) is 18.2 Å². The van der Waals surface area contributed by atoms with Crippen LogP contribution in [0.2, 0.25) is 0 Å². The third kappa shape index (κ3) is 7.49. The van der Waals surface area contributed by atoms with Crippen LogP contribution < -0.4 is 11.1 Å². The summed E-state index contributed by atoms with van der Waals surface area (Å²) in [7, 11) is 0. The fourth-order valence-electron chi connectivity index (χ4n) is 5.13. The molecule has 5 N–H and O–H groups in total. The van der Waals surface area contributed by atoms with Crippen molar-refractivity contribution in [3.05, 3.63) is 48.0 Å². The molecule has 2 amide bonds. The maximum Gasteiger partial charge on any atom is 0.230 e. The number of imidazole rings is 1. The lowest BCUT2D eigenvalue weighted by atomic mass is 9.86. The Balaban J connectivity index is 1.23. The topological polar surface area (TPSA) is 169 Å². The zero-order valence-corrected chi connectivity index (χ0v) is 25.0. The summed E-state index contributed by atoms with van der Waals surface area (Å²) in [4.78, 5) is 39.2. The maximum absolute atomic E-state index is 12.4. The molecular formula is C30H43N7O5. The van der Waals surface area contributed by atoms with Gasteiger partial charge in [0.15, 0.2) is 17.7 Å². The van der Waals surface area contributed by atoms with Crippen molar-refractivity contribution >= 4 is 28.8 Å². The Morgan fingerprint density at radius 1 is 1.07 bits per heavy atom. The molecule has 4 atom stereocenters. The van der Waals surface area contributed by atoms with Crippen LogP contribution in [0.25, 0.3) is 11.2 Å². The minimum Gasteiger partial charge on any atom is -0.387 e. The second-order valence-corrected chi connectivity index (χ2v) is 12.3. The van der Waals surface area contributed by atoms with E-state index >= 15 is 0 Å². The highest BCUT2D eigenvalue weighted by atomic mass is 16.6. The van der Waals surface area contributed by atoms with E-state index in [0.29, 0.717) is 37.1 Å². The summed E-state index contributed by atoms with van der Waals surface area (Å²) < 4.78 is 7.65. The summed E-state index contributed by atoms with van der Waals surface area (Å²) in [5.74, 6) is -0.384. The van der Waals surface area contributed by atoms with Crippen molar-refractivity contribution < 1.29 is 24.5 Å². The predicted molar refractivity (Wildman–Crippen MR) is 158 cm³/mol. The van der Waals surface area contributed by atoms with E-state index in [2.05, 4.69) is 45.9 Å². The molecule has 4 rings (SSSR count). The third-order valence-corrected chi connectivity index (χ3v) is 7.71. The molecule has 3 heterocycles. The molecule has 0 bridgehead atoms. The lowest BCUT2D eigenvalue weighted by Crippen LogP contribution is -2.43. The minimum atomic E-state index is -1.18. The molecule has 1 saturated heterocycles. The number of carbonyl (C=O) groups excluding carboxylic acids is 2. The van der Waals surface area contributed by atoms with Crippen LogP contribution in [0.15, 0.2) is 36.9 Å². The van der Waals surface area contributed by atoms with Gasteiger partial charge in [0.2, 0.25) is 11.8 Å². The number of carbonyl (C=O) groups is 2. The number of unbranched alkanes of at least 4 members (excludes halogenated alkanes) is 1. The Bertz CT molecular complexity index is 1370. The number of aliphatic hydroxyl groups is 2. The molecule has 2 aromatic heterocycles. The van der Waals surface area contributed by atoms with Gasteiger partial charge >= 0.3 is 0 Å². The molecule has 0 aliphatic carbocycles. The number of nitrogens with two attached hydrogens (primary N) is 1. The number of amides is 2. The Kier molecular flexibility index (Phi) is 9.93. The van der Waals surface area contributed by atoms with E-state index in [1.54, 1.807) is 4.57 Å². The first-order valence-corrected chi connectivity index (χ1v) is 14.5. The van der Waals surface area contributed by atoms with Crippen molar-refractivity contribution in [2.24, 2.45) is 0 Å². The van der Waals surface area contributed by atoms with E-state index in [4.69, 9.17) is 10.5 Å². The minimum absolute atomic E-state index is 0.0383. The molecule has 0 spiro atoms. The molecular weight excluding hydrogens is 538 g/mol. The fourth-order valence-corrected chi connectivity index (χ4v) is 5.13. The Labute approximate surface area is 246 Å². The number of benzene rings is 1. The first-order valence-electron chi connectivity index (χ1n) is 14.5. The van der Waals surface area contributed by atoms with E-state index in [1.807, 2.05) is 38.1 Å². The van der Waals surface area contributed by atoms with Crippen LogP contribution in [0.5, 0.6) is 0 Å². The van der Waals surface area contributed by atoms with Crippen LogP contribution >= 0.6 is 0 Å². The SMILES string of the molecule is CC(C)N(CCCCC(=O)NC(=O)Cc1ccc(C(C)(C)C)cc1)C[C@H]1O[C@@H](n2cnc3c(N)ncnc32)[C@H](O)[C@@H]1O. The first kappa shape index (κ1) is 31.5. The number of aliphatic hydroxyl groups excluding tert-OH is 2. The number of nitrogens with one attached hydrogen (secondary N) is 1. The van der Waals surface area contributed by atoms with Gasteiger partial charge in [-0.2, -0.15) is 0 Å². The standard InChI is InChI=1S/C30H43N7O5/c1-18(2)36(13-7-6-8-22(38)35-23(39)14-19-9-11-20(12-10-19)30(3,4)5)15-21-25(40)26(41)29(42-21)37-17-34-24-27(31)32-16-33-28(24)37/h9-12,16-18,21,25-26,29,40-41H,6-8,13-15H2,1-5H3,(H2,31,32,33)(H,35,38,39)/t21-,25-,26-,29-/m1/s1. The monoisotopic (exact) mass is 581 g/mol. The number of hydrogen-bond donors (Lipinski definition) is 4. The fraction of sp³-hybridized carbons (Fsp3) is 0.567. The van der Waals surface area contributed by atoms with Gasteiger partial charge in [-0.25, -0.2) is 15.0 Å². The number of aromatic nitrogens is 4. The Morgan fingerprint density at radius 2 is 1.79 bits per heavy atom. The van der Waals surface area contributed by atoms with Crippen molar-refractivity contribution in [2.75, 3.05) is 18.8 Å². The van der Waals surface area contributed by atoms with Crippen molar-refractivity contribution in [2.45, 2.75) is 96.3 Å². The molecule has 1 aromatic carbocycles. The van der Waals surface area contributed by atoms with Gasteiger partial charge in [0.05, 0.1) is 12.7 Å². The molecule has 1 aliphatic heterocycles. The van der Waals surface area contributed by atoms with Gasteiger partial charge in [0, 0.05) is 19.0 Å². The van der Waals surface area contributed by atoms with Crippen LogP contribution in [0, 0.1) is 0 Å². The average Bonchev–Trinajstić information content (AvgIpc) is 3.47. The number of anilines is 1. The average molecular weight is 582 g/mol. The normalized spacial score (nSPS) is 21.0. The molecule has 12 heteroatoms. The zero-order chi connectivity index (χ0) is 30.6. The van der Waals surface area contributed by atoms with Gasteiger partial charge in [0.25, 0.3) is 0 Å². The number of nitrogens with zero attached hydrogens (tertiary/aromatic N) is 5. The molecule has 42 heavy (non-hydrogen) atoms. The van der Waals surface area contributed by atoms with Crippen LogP contribution in [-0.2, 0) is 26.2 Å². The summed E-state index contributed by atoms with van der Waals surface area (Å²) in [5, 5.41) is 24.1. The number of hydrogen-bond acceptors (Lipinski definition) is 10. The van der Waals surface area contributed by atoms with Crippen LogP contribution in [0.1, 0.15) is 71.2 Å². The van der Waals surface area contributed by atoms with Crippen molar-refractivity contribution in [3.8, 4) is 0 Å². The van der Waals surface area contributed by atoms with Crippen LogP contribution in [-0.4, -0.2) is 83.9 Å². The highest BCUT2D eigenvalue weighted by molar-refractivity contribution is 5.96. The number of fused-ring (bicyclic) bond motifs is 1. The smallest absolute Gasteiger partial charge is 0.230 e. The molecule has 12 nitrogen and oxygen atoms in total. The van der Waals surface area contributed by atoms with Crippen LogP contribution in [0.3, 0.4) is 0 Å². The Hall–Kier alpha value is -3.45. The third-order valence-electron chi connectivity index (χ3n) is 7.71. The van der Waals surface area contributed by atoms with E-state index in [0.717, 1.165) is 5.56 Å². The molecule has 228 valence electrons. The number of imide groups is 1. The quantitative estimate of drug-likeness (QED) is 0.246. The summed E-state index contributed by atoms with van der Waals surface area (Å²) in [6.45, 7) is 11.5. The largest absolute Gasteiger partial charge is 0.387 e. The van der Waals surface area contributed by atoms with Gasteiger partial charge in [-0.3, -0.25) is 24.4 Å². The molecule has 1 fully saturated rings. The second-order valence-electron chi connectivity index (χ2n) is 12.3. The van der Waals surface area contributed by atoms with E-state index in [-0.39, 0.29) is 41.9 Å². The van der Waals surface area contributed by atoms with Gasteiger partial charge in [-0.05, 0) is 49.8 Å². The summed E-state index contributed by atoms with van der Waals surface area (Å²) in [6, 6.07) is 8.04. The Morgan fingerprint density at radius 3 is 2.45 bits per heavy atom. The lowest BCUT2D eigenvalue weighted by Gasteiger charge is -2.30. The molecule has 3 aromatic rings. The molecule has 0 saturated carbocycles. The molecule has 0 radical (unpaired) electrons. The lowest BCUT2D eigenvalue weighted by molar-refractivity contribution is -0.130. The second kappa shape index (κ2) is 13.2. The summed E-state index contributed by atoms with van der Waals surface area (Å²) >= 11 is 0. The number of rotatable bonds is 11. The van der Waals surface area contributed by atoms with Crippen LogP contribution in [0.4, 0.5) is 5.82 Å². The predicted octanol–water partition coefficient (Wildman–Crippen LogP) is 2.09. The van der Waals surface area contributed by atoms with Gasteiger partial charge < -0.3 is 20.7 Å². The number of nitrogen functional groups attached to an aromatic ring is 1. The summed E-state index contributed by atoms with van der Waals surface area (Å²) in [5.41, 5.74) is 8.78. The van der Waals surface area contributed by atoms with Crippen molar-refractivity contribution in [1.29, 1.82) is 0 Å². The summed E-state index contributed by atoms with van der Waals surface area (Å²) in [6.07, 6.45) is 0.661. The first-order chi connectivity index (χ1) is 19.8. The molecule has 1 aliphatic rings. The van der Waals surface area contributed by atoms with Gasteiger partial charge in [-0.15, -0.1) is 0 Å². The number of ether oxygens (including phenoxy) is 1. The van der Waals surface area contributed by atoms with Gasteiger partial charge in [-0.1, -0.05) is 45.0 Å². The van der Waals surface area contributed by atoms with Gasteiger partial charge in [0.1, 0.15) is 30.2 Å². The van der Waals surface area contributed by atoms with E-state index < -0.39 is 24.5 Å². The van der Waals surface area contributed by atoms with Crippen molar-refractivity contribution in [3.63, 3.8) is 0 Å². The zero-order valence-electron chi connectivity index (χ0n) is 25.0. The molecule has 0 unspecified atom stereocenters. The van der Waals surface area contributed by atoms with Crippen molar-refractivity contribution in [1.82, 2.24) is 29.7 Å². The maximum atomic E-state index is 12.4.